The van der Waals surface area contributed by atoms with Gasteiger partial charge in [-0.1, -0.05) is 18.2 Å². The highest BCUT2D eigenvalue weighted by Gasteiger charge is 2.34. The lowest BCUT2D eigenvalue weighted by molar-refractivity contribution is 0.0927. The molecule has 2 heterocycles. The number of nitrogens with zero attached hydrogens (tertiary/aromatic N) is 2. The van der Waals surface area contributed by atoms with Gasteiger partial charge in [-0.25, -0.2) is 12.7 Å². The van der Waals surface area contributed by atoms with Crippen molar-refractivity contribution >= 4 is 26.8 Å². The minimum absolute atomic E-state index is 0.0568. The average molecular weight is 363 g/mol. The van der Waals surface area contributed by atoms with Crippen LogP contribution >= 0.6 is 0 Å². The van der Waals surface area contributed by atoms with Crippen LogP contribution in [0.1, 0.15) is 10.4 Å². The van der Waals surface area contributed by atoms with Crippen LogP contribution in [0.3, 0.4) is 0 Å². The normalized spacial score (nSPS) is 20.9. The smallest absolute Gasteiger partial charge is 0.253 e. The van der Waals surface area contributed by atoms with Crippen molar-refractivity contribution in [1.29, 1.82) is 0 Å². The maximum atomic E-state index is 12.7. The number of fused-ring (bicyclic) bond motifs is 1. The molecule has 0 radical (unpaired) electrons. The van der Waals surface area contributed by atoms with Crippen LogP contribution in [0.5, 0.6) is 0 Å². The second kappa shape index (κ2) is 7.07. The zero-order valence-electron chi connectivity index (χ0n) is 14.2. The molecule has 1 amide bonds. The molecule has 1 aliphatic rings. The number of para-hydroxylation sites is 1. The Bertz CT molecular complexity index is 877. The Morgan fingerprint density at radius 1 is 1.28 bits per heavy atom. The highest BCUT2D eigenvalue weighted by atomic mass is 32.2. The number of nitrogens with one attached hydrogen (secondary N) is 1. The molecule has 1 aromatic heterocycles. The van der Waals surface area contributed by atoms with Gasteiger partial charge in [0.2, 0.25) is 10.0 Å². The quantitative estimate of drug-likeness (QED) is 0.852. The summed E-state index contributed by atoms with van der Waals surface area (Å²) in [5, 5.41) is 3.79. The first-order valence-electron chi connectivity index (χ1n) is 8.01. The van der Waals surface area contributed by atoms with Crippen LogP contribution in [0.4, 0.5) is 0 Å². The maximum absolute atomic E-state index is 12.7. The predicted octanol–water partition coefficient (Wildman–Crippen LogP) is 0.871. The Balaban J connectivity index is 1.78. The third kappa shape index (κ3) is 3.81. The van der Waals surface area contributed by atoms with Crippen LogP contribution in [0, 0.1) is 5.92 Å². The molecule has 3 rings (SSSR count). The summed E-state index contributed by atoms with van der Waals surface area (Å²) in [6.07, 6.45) is 1.64. The predicted molar refractivity (Wildman–Crippen MR) is 94.8 cm³/mol. The Hall–Kier alpha value is -2.03. The number of benzene rings is 1. The van der Waals surface area contributed by atoms with Crippen LogP contribution in [-0.2, 0) is 14.8 Å². The lowest BCUT2D eigenvalue weighted by atomic mass is 10.0. The lowest BCUT2D eigenvalue weighted by Crippen LogP contribution is -2.43. The molecule has 8 heteroatoms. The van der Waals surface area contributed by atoms with E-state index in [1.165, 1.54) is 18.4 Å². The number of hydrogen-bond acceptors (Lipinski definition) is 5. The number of amides is 1. The van der Waals surface area contributed by atoms with E-state index in [2.05, 4.69) is 10.3 Å². The highest BCUT2D eigenvalue weighted by Crippen LogP contribution is 2.20. The molecule has 1 saturated heterocycles. The molecule has 0 aliphatic carbocycles. The van der Waals surface area contributed by atoms with E-state index in [-0.39, 0.29) is 23.6 Å². The SMILES string of the molecule is CN(C)S(=O)(=O)C[C@@H]1COC[C@@H]1NC(=O)c1cccc2cccnc12. The number of sulfonamides is 1. The first-order valence-corrected chi connectivity index (χ1v) is 9.62. The number of aromatic nitrogens is 1. The van der Waals surface area contributed by atoms with E-state index in [0.29, 0.717) is 24.3 Å². The summed E-state index contributed by atoms with van der Waals surface area (Å²) in [7, 11) is -0.359. The van der Waals surface area contributed by atoms with E-state index in [9.17, 15) is 13.2 Å². The van der Waals surface area contributed by atoms with Gasteiger partial charge >= 0.3 is 0 Å². The van der Waals surface area contributed by atoms with Crippen molar-refractivity contribution in [3.05, 3.63) is 42.1 Å². The standard InChI is InChI=1S/C17H21N3O4S/c1-20(2)25(22,23)11-13-9-24-10-15(13)19-17(21)14-7-3-5-12-6-4-8-18-16(12)14/h3-8,13,15H,9-11H2,1-2H3,(H,19,21)/t13-,15-/m0/s1. The van der Waals surface area contributed by atoms with Crippen molar-refractivity contribution in [1.82, 2.24) is 14.6 Å². The lowest BCUT2D eigenvalue weighted by Gasteiger charge is -2.21. The molecule has 0 bridgehead atoms. The van der Waals surface area contributed by atoms with Crippen molar-refractivity contribution in [2.24, 2.45) is 5.92 Å². The minimum Gasteiger partial charge on any atom is -0.379 e. The Morgan fingerprint density at radius 3 is 2.80 bits per heavy atom. The zero-order chi connectivity index (χ0) is 18.0. The first-order chi connectivity index (χ1) is 11.9. The third-order valence-corrected chi connectivity index (χ3v) is 6.34. The molecule has 2 aromatic rings. The number of rotatable bonds is 5. The van der Waals surface area contributed by atoms with Gasteiger partial charge in [-0.05, 0) is 12.1 Å². The van der Waals surface area contributed by atoms with Crippen LogP contribution < -0.4 is 5.32 Å². The van der Waals surface area contributed by atoms with Gasteiger partial charge in [-0.15, -0.1) is 0 Å². The van der Waals surface area contributed by atoms with E-state index in [1.807, 2.05) is 18.2 Å². The van der Waals surface area contributed by atoms with E-state index in [4.69, 9.17) is 4.74 Å². The van der Waals surface area contributed by atoms with Crippen molar-refractivity contribution in [3.63, 3.8) is 0 Å². The molecule has 7 nitrogen and oxygen atoms in total. The van der Waals surface area contributed by atoms with Crippen LogP contribution in [0.15, 0.2) is 36.5 Å². The second-order valence-electron chi connectivity index (χ2n) is 6.32. The van der Waals surface area contributed by atoms with E-state index in [0.717, 1.165) is 5.39 Å². The molecular weight excluding hydrogens is 342 g/mol. The van der Waals surface area contributed by atoms with Crippen molar-refractivity contribution in [2.75, 3.05) is 33.1 Å². The van der Waals surface area contributed by atoms with Gasteiger partial charge in [-0.3, -0.25) is 9.78 Å². The molecule has 134 valence electrons. The molecule has 1 aliphatic heterocycles. The molecule has 0 saturated carbocycles. The summed E-state index contributed by atoms with van der Waals surface area (Å²) in [4.78, 5) is 17.0. The Kier molecular flexibility index (Phi) is 5.03. The zero-order valence-corrected chi connectivity index (χ0v) is 15.0. The third-order valence-electron chi connectivity index (χ3n) is 4.37. The fourth-order valence-corrected chi connectivity index (χ4v) is 4.04. The minimum atomic E-state index is -3.36. The largest absolute Gasteiger partial charge is 0.379 e. The van der Waals surface area contributed by atoms with Crippen molar-refractivity contribution < 1.29 is 17.9 Å². The van der Waals surface area contributed by atoms with E-state index < -0.39 is 10.0 Å². The molecule has 0 unspecified atom stereocenters. The highest BCUT2D eigenvalue weighted by molar-refractivity contribution is 7.89. The number of ether oxygens (including phenoxy) is 1. The Labute approximate surface area is 147 Å². The number of carbonyl (C=O) groups excluding carboxylic acids is 1. The molecule has 2 atom stereocenters. The van der Waals surface area contributed by atoms with Crippen LogP contribution in [0.25, 0.3) is 10.9 Å². The monoisotopic (exact) mass is 363 g/mol. The summed E-state index contributed by atoms with van der Waals surface area (Å²) < 4.78 is 30.8. The second-order valence-corrected chi connectivity index (χ2v) is 8.55. The summed E-state index contributed by atoms with van der Waals surface area (Å²) >= 11 is 0. The number of carbonyl (C=O) groups is 1. The van der Waals surface area contributed by atoms with Gasteiger partial charge < -0.3 is 10.1 Å². The van der Waals surface area contributed by atoms with E-state index in [1.54, 1.807) is 18.3 Å². The summed E-state index contributed by atoms with van der Waals surface area (Å²) in [5.74, 6) is -0.606. The molecule has 25 heavy (non-hydrogen) atoms. The van der Waals surface area contributed by atoms with Gasteiger partial charge in [-0.2, -0.15) is 0 Å². The average Bonchev–Trinajstić information content (AvgIpc) is 3.00. The number of pyridine rings is 1. The molecular formula is C17H21N3O4S. The van der Waals surface area contributed by atoms with Gasteiger partial charge in [0.25, 0.3) is 5.91 Å². The number of hydrogen-bond donors (Lipinski definition) is 1. The molecule has 1 fully saturated rings. The van der Waals surface area contributed by atoms with Crippen LogP contribution in [-0.4, -0.2) is 62.7 Å². The van der Waals surface area contributed by atoms with Gasteiger partial charge in [0.15, 0.2) is 0 Å². The van der Waals surface area contributed by atoms with Crippen LogP contribution in [0.2, 0.25) is 0 Å². The fraction of sp³-hybridized carbons (Fsp3) is 0.412. The maximum Gasteiger partial charge on any atom is 0.253 e. The Morgan fingerprint density at radius 2 is 2.04 bits per heavy atom. The fourth-order valence-electron chi connectivity index (χ4n) is 2.88. The molecule has 1 N–H and O–H groups in total. The molecule has 1 aromatic carbocycles. The molecule has 0 spiro atoms. The first kappa shape index (κ1) is 17.8. The van der Waals surface area contributed by atoms with Gasteiger partial charge in [0.05, 0.1) is 36.1 Å². The van der Waals surface area contributed by atoms with Gasteiger partial charge in [0.1, 0.15) is 0 Å². The van der Waals surface area contributed by atoms with Crippen molar-refractivity contribution in [2.45, 2.75) is 6.04 Å². The summed E-state index contributed by atoms with van der Waals surface area (Å²) in [6, 6.07) is 8.77. The van der Waals surface area contributed by atoms with E-state index >= 15 is 0 Å². The van der Waals surface area contributed by atoms with Crippen molar-refractivity contribution in [3.8, 4) is 0 Å². The summed E-state index contributed by atoms with van der Waals surface area (Å²) in [6.45, 7) is 0.614. The summed E-state index contributed by atoms with van der Waals surface area (Å²) in [5.41, 5.74) is 1.10. The van der Waals surface area contributed by atoms with Gasteiger partial charge in [0, 0.05) is 31.6 Å². The topological polar surface area (TPSA) is 88.6 Å².